The summed E-state index contributed by atoms with van der Waals surface area (Å²) in [6.07, 6.45) is 0. The van der Waals surface area contributed by atoms with Crippen LogP contribution in [-0.4, -0.2) is 4.57 Å². The van der Waals surface area contributed by atoms with Crippen molar-refractivity contribution in [3.05, 3.63) is 191 Å². The van der Waals surface area contributed by atoms with Gasteiger partial charge < -0.3 is 9.47 Å². The highest BCUT2D eigenvalue weighted by molar-refractivity contribution is 6.13. The van der Waals surface area contributed by atoms with Gasteiger partial charge in [0.1, 0.15) is 0 Å². The molecule has 8 aromatic carbocycles. The van der Waals surface area contributed by atoms with Gasteiger partial charge in [0.2, 0.25) is 0 Å². The summed E-state index contributed by atoms with van der Waals surface area (Å²) in [5, 5.41) is 5.12. The van der Waals surface area contributed by atoms with Crippen molar-refractivity contribution < 1.29 is 0 Å². The molecule has 0 radical (unpaired) electrons. The minimum Gasteiger partial charge on any atom is -0.310 e. The largest absolute Gasteiger partial charge is 0.310 e. The molecule has 2 nitrogen and oxygen atoms in total. The first-order valence-corrected chi connectivity index (χ1v) is 19.8. The van der Waals surface area contributed by atoms with E-state index in [1.54, 1.807) is 0 Å². The van der Waals surface area contributed by atoms with Gasteiger partial charge in [0, 0.05) is 38.6 Å². The zero-order chi connectivity index (χ0) is 38.5. The van der Waals surface area contributed by atoms with Gasteiger partial charge in [-0.25, -0.2) is 0 Å². The van der Waals surface area contributed by atoms with Crippen LogP contribution < -0.4 is 4.90 Å². The first kappa shape index (κ1) is 34.1. The summed E-state index contributed by atoms with van der Waals surface area (Å²) in [7, 11) is 0. The van der Waals surface area contributed by atoms with Crippen molar-refractivity contribution in [2.45, 2.75) is 53.9 Å². The predicted molar refractivity (Wildman–Crippen MR) is 240 cm³/mol. The summed E-state index contributed by atoms with van der Waals surface area (Å²) < 4.78 is 2.52. The topological polar surface area (TPSA) is 8.17 Å². The Labute approximate surface area is 330 Å². The molecule has 0 unspecified atom stereocenters. The van der Waals surface area contributed by atoms with Crippen LogP contribution in [0.25, 0.3) is 60.5 Å². The van der Waals surface area contributed by atoms with E-state index < -0.39 is 0 Å². The minimum atomic E-state index is -0.243. The summed E-state index contributed by atoms with van der Waals surface area (Å²) in [5.41, 5.74) is 21.3. The molecule has 1 aromatic heterocycles. The van der Waals surface area contributed by atoms with Gasteiger partial charge in [-0.3, -0.25) is 0 Å². The van der Waals surface area contributed by atoms with Crippen molar-refractivity contribution in [2.75, 3.05) is 4.90 Å². The number of nitrogens with zero attached hydrogens (tertiary/aromatic N) is 2. The van der Waals surface area contributed by atoms with Gasteiger partial charge in [0.05, 0.1) is 16.7 Å². The number of benzene rings is 8. The summed E-state index contributed by atoms with van der Waals surface area (Å²) in [5.74, 6) is 0. The van der Waals surface area contributed by atoms with Gasteiger partial charge in [-0.1, -0.05) is 104 Å². The zero-order valence-corrected chi connectivity index (χ0v) is 33.3. The molecule has 2 heteroatoms. The Kier molecular flexibility index (Phi) is 7.67. The average Bonchev–Trinajstić information content (AvgIpc) is 3.64. The summed E-state index contributed by atoms with van der Waals surface area (Å²) >= 11 is 0. The lowest BCUT2D eigenvalue weighted by molar-refractivity contribution is 0.660. The number of aromatic nitrogens is 1. The van der Waals surface area contributed by atoms with E-state index in [1.165, 1.54) is 117 Å². The van der Waals surface area contributed by atoms with Crippen molar-refractivity contribution in [2.24, 2.45) is 0 Å². The molecule has 0 aliphatic heterocycles. The van der Waals surface area contributed by atoms with E-state index in [0.717, 1.165) is 0 Å². The number of aryl methyl sites for hydroxylation is 5. The van der Waals surface area contributed by atoms with E-state index in [-0.39, 0.29) is 5.41 Å². The van der Waals surface area contributed by atoms with Crippen LogP contribution in [0.1, 0.15) is 52.8 Å². The van der Waals surface area contributed by atoms with Crippen LogP contribution in [0, 0.1) is 34.6 Å². The van der Waals surface area contributed by atoms with Gasteiger partial charge in [-0.05, 0) is 162 Å². The Morgan fingerprint density at radius 3 is 1.70 bits per heavy atom. The molecule has 272 valence electrons. The maximum Gasteiger partial charge on any atom is 0.0544 e. The first-order chi connectivity index (χ1) is 27.1. The Morgan fingerprint density at radius 1 is 0.429 bits per heavy atom. The van der Waals surface area contributed by atoms with Crippen molar-refractivity contribution in [3.63, 3.8) is 0 Å². The third-order valence-corrected chi connectivity index (χ3v) is 12.7. The molecule has 0 atom stereocenters. The summed E-state index contributed by atoms with van der Waals surface area (Å²) in [6, 6.07) is 57.1. The number of rotatable bonds is 5. The molecule has 1 heterocycles. The molecule has 0 saturated carbocycles. The number of hydrogen-bond acceptors (Lipinski definition) is 1. The third-order valence-electron chi connectivity index (χ3n) is 12.7. The molecular formula is C54H46N2. The molecule has 0 fully saturated rings. The monoisotopic (exact) mass is 722 g/mol. The fourth-order valence-corrected chi connectivity index (χ4v) is 9.26. The highest BCUT2D eigenvalue weighted by atomic mass is 15.1. The Morgan fingerprint density at radius 2 is 1.02 bits per heavy atom. The molecule has 10 rings (SSSR count). The molecule has 1 aliphatic carbocycles. The average molecular weight is 723 g/mol. The molecule has 56 heavy (non-hydrogen) atoms. The first-order valence-electron chi connectivity index (χ1n) is 19.8. The SMILES string of the molecule is Cc1ccc2c(c1)c1cc(-c3ccccc3)ccc1n2-c1cc2c(c3ccccc13)-c1ccc(N(c3ccc(C)c(C)c3)c3ccc(C)c(C)c3)cc1C2(C)C. The van der Waals surface area contributed by atoms with Crippen molar-refractivity contribution in [1.29, 1.82) is 0 Å². The number of fused-ring (bicyclic) bond motifs is 8. The molecule has 9 aromatic rings. The number of hydrogen-bond donors (Lipinski definition) is 0. The highest BCUT2D eigenvalue weighted by Gasteiger charge is 2.38. The lowest BCUT2D eigenvalue weighted by atomic mass is 9.81. The van der Waals surface area contributed by atoms with Gasteiger partial charge in [-0.15, -0.1) is 0 Å². The second-order valence-corrected chi connectivity index (χ2v) is 16.5. The Bertz CT molecular complexity index is 3000. The van der Waals surface area contributed by atoms with Crippen LogP contribution in [0.15, 0.2) is 152 Å². The number of anilines is 3. The van der Waals surface area contributed by atoms with Crippen molar-refractivity contribution in [1.82, 2.24) is 4.57 Å². The highest BCUT2D eigenvalue weighted by Crippen LogP contribution is 2.54. The lowest BCUT2D eigenvalue weighted by Gasteiger charge is -2.29. The van der Waals surface area contributed by atoms with Crippen molar-refractivity contribution in [3.8, 4) is 27.9 Å². The van der Waals surface area contributed by atoms with Gasteiger partial charge in [-0.2, -0.15) is 0 Å². The molecule has 0 saturated heterocycles. The van der Waals surface area contributed by atoms with Crippen LogP contribution in [0.2, 0.25) is 0 Å². The van der Waals surface area contributed by atoms with Gasteiger partial charge in [0.15, 0.2) is 0 Å². The summed E-state index contributed by atoms with van der Waals surface area (Å²) in [6.45, 7) is 15.8. The zero-order valence-electron chi connectivity index (χ0n) is 33.3. The van der Waals surface area contributed by atoms with Crippen molar-refractivity contribution >= 4 is 49.6 Å². The van der Waals surface area contributed by atoms with E-state index in [2.05, 4.69) is 210 Å². The Hall–Kier alpha value is -6.38. The molecule has 0 amide bonds. The van der Waals surface area contributed by atoms with Crippen LogP contribution >= 0.6 is 0 Å². The van der Waals surface area contributed by atoms with E-state index in [0.29, 0.717) is 0 Å². The van der Waals surface area contributed by atoms with E-state index in [9.17, 15) is 0 Å². The molecular weight excluding hydrogens is 677 g/mol. The van der Waals surface area contributed by atoms with Crippen LogP contribution in [-0.2, 0) is 5.41 Å². The second-order valence-electron chi connectivity index (χ2n) is 16.5. The van der Waals surface area contributed by atoms with Crippen LogP contribution in [0.5, 0.6) is 0 Å². The molecule has 0 N–H and O–H groups in total. The Balaban J connectivity index is 1.19. The maximum atomic E-state index is 2.52. The lowest BCUT2D eigenvalue weighted by Crippen LogP contribution is -2.17. The summed E-state index contributed by atoms with van der Waals surface area (Å²) in [4.78, 5) is 2.44. The standard InChI is InChI=1S/C54H46N2/c1-33-17-25-50-46(27-33)47-30-39(38-13-9-8-10-14-38)20-26-51(47)56(50)52-32-49-53(44-16-12-11-15-43(44)52)45-24-23-42(31-48(45)54(49,6)7)55(40-21-18-34(2)36(4)28-40)41-22-19-35(3)37(5)29-41/h8-32H,1-7H3. The second kappa shape index (κ2) is 12.6. The van der Waals surface area contributed by atoms with Crippen LogP contribution in [0.4, 0.5) is 17.1 Å². The van der Waals surface area contributed by atoms with Gasteiger partial charge in [0.25, 0.3) is 0 Å². The minimum absolute atomic E-state index is 0.243. The molecule has 0 bridgehead atoms. The van der Waals surface area contributed by atoms with E-state index >= 15 is 0 Å². The van der Waals surface area contributed by atoms with Crippen LogP contribution in [0.3, 0.4) is 0 Å². The fourth-order valence-electron chi connectivity index (χ4n) is 9.26. The normalized spacial score (nSPS) is 13.1. The fraction of sp³-hybridized carbons (Fsp3) is 0.148. The maximum absolute atomic E-state index is 2.52. The van der Waals surface area contributed by atoms with E-state index in [1.807, 2.05) is 0 Å². The molecule has 0 spiro atoms. The third kappa shape index (κ3) is 5.16. The van der Waals surface area contributed by atoms with Gasteiger partial charge >= 0.3 is 0 Å². The predicted octanol–water partition coefficient (Wildman–Crippen LogP) is 14.9. The van der Waals surface area contributed by atoms with E-state index in [4.69, 9.17) is 0 Å². The smallest absolute Gasteiger partial charge is 0.0544 e. The molecule has 1 aliphatic rings. The quantitative estimate of drug-likeness (QED) is 0.172.